The van der Waals surface area contributed by atoms with Gasteiger partial charge in [-0.25, -0.2) is 8.78 Å². The van der Waals surface area contributed by atoms with Crippen molar-refractivity contribution in [2.45, 2.75) is 37.7 Å². The maximum absolute atomic E-state index is 14.5. The minimum absolute atomic E-state index is 0.0213. The zero-order valence-electron chi connectivity index (χ0n) is 14.5. The van der Waals surface area contributed by atoms with Gasteiger partial charge in [0.2, 0.25) is 0 Å². The van der Waals surface area contributed by atoms with Crippen LogP contribution in [0.15, 0.2) is 42.5 Å². The van der Waals surface area contributed by atoms with Crippen molar-refractivity contribution in [3.8, 4) is 11.1 Å². The molecule has 2 aromatic carbocycles. The highest BCUT2D eigenvalue weighted by atomic mass is 19.1. The smallest absolute Gasteiger partial charge is 0.129 e. The standard InChI is InChI=1S/C20H23F2NO3/c1-12-19(25)20(26)18(24)11-23(12)8-7-15-16(21)9-14(10-17(15)22)13-5-3-2-4-6-13/h2-6,9-10,12,18-20,24-26H,7-8,11H2,1H3/t12-,18+,19-,20-/m1/s1. The Morgan fingerprint density at radius 1 is 0.962 bits per heavy atom. The van der Waals surface area contributed by atoms with Crippen LogP contribution >= 0.6 is 0 Å². The van der Waals surface area contributed by atoms with E-state index in [-0.39, 0.29) is 25.1 Å². The molecule has 26 heavy (non-hydrogen) atoms. The minimum Gasteiger partial charge on any atom is -0.389 e. The van der Waals surface area contributed by atoms with Crippen LogP contribution in [-0.4, -0.2) is 57.7 Å². The fourth-order valence-electron chi connectivity index (χ4n) is 3.43. The molecule has 0 radical (unpaired) electrons. The summed E-state index contributed by atoms with van der Waals surface area (Å²) < 4.78 is 28.9. The predicted molar refractivity (Wildman–Crippen MR) is 94.6 cm³/mol. The molecule has 1 aliphatic heterocycles. The lowest BCUT2D eigenvalue weighted by Gasteiger charge is -2.42. The number of likely N-dealkylation sites (tertiary alicyclic amines) is 1. The summed E-state index contributed by atoms with van der Waals surface area (Å²) in [5.41, 5.74) is 1.19. The average Bonchev–Trinajstić information content (AvgIpc) is 2.63. The normalized spacial score (nSPS) is 26.8. The molecule has 4 nitrogen and oxygen atoms in total. The molecule has 0 bridgehead atoms. The zero-order chi connectivity index (χ0) is 18.8. The number of piperidine rings is 1. The van der Waals surface area contributed by atoms with Crippen LogP contribution in [-0.2, 0) is 6.42 Å². The highest BCUT2D eigenvalue weighted by molar-refractivity contribution is 5.63. The lowest BCUT2D eigenvalue weighted by Crippen LogP contribution is -2.60. The van der Waals surface area contributed by atoms with Crippen LogP contribution in [0.1, 0.15) is 12.5 Å². The molecule has 1 fully saturated rings. The van der Waals surface area contributed by atoms with E-state index >= 15 is 0 Å². The Bertz CT molecular complexity index is 733. The Morgan fingerprint density at radius 2 is 1.58 bits per heavy atom. The number of halogens is 2. The lowest BCUT2D eigenvalue weighted by atomic mass is 9.94. The molecule has 0 unspecified atom stereocenters. The number of rotatable bonds is 4. The Balaban J connectivity index is 1.74. The second-order valence-corrected chi connectivity index (χ2v) is 6.82. The largest absolute Gasteiger partial charge is 0.389 e. The van der Waals surface area contributed by atoms with Crippen molar-refractivity contribution in [2.24, 2.45) is 0 Å². The van der Waals surface area contributed by atoms with Gasteiger partial charge in [-0.05, 0) is 36.6 Å². The Labute approximate surface area is 151 Å². The third kappa shape index (κ3) is 3.78. The second kappa shape index (κ2) is 7.80. The summed E-state index contributed by atoms with van der Waals surface area (Å²) in [5.74, 6) is -1.23. The summed E-state index contributed by atoms with van der Waals surface area (Å²) in [6, 6.07) is 11.3. The maximum atomic E-state index is 14.5. The molecule has 0 aliphatic carbocycles. The molecule has 4 atom stereocenters. The molecule has 1 saturated heterocycles. The first kappa shape index (κ1) is 18.9. The van der Waals surface area contributed by atoms with Crippen LogP contribution in [0.3, 0.4) is 0 Å². The van der Waals surface area contributed by atoms with Crippen molar-refractivity contribution >= 4 is 0 Å². The first-order valence-electron chi connectivity index (χ1n) is 8.70. The number of aliphatic hydroxyl groups excluding tert-OH is 3. The molecule has 3 N–H and O–H groups in total. The molecule has 1 heterocycles. The lowest BCUT2D eigenvalue weighted by molar-refractivity contribution is -0.132. The van der Waals surface area contributed by atoms with Crippen LogP contribution in [0.25, 0.3) is 11.1 Å². The van der Waals surface area contributed by atoms with Crippen LogP contribution in [0.2, 0.25) is 0 Å². The SMILES string of the molecule is C[C@@H]1[C@@H](O)[C@H](O)[C@@H](O)CN1CCc1c(F)cc(-c2ccccc2)cc1F. The van der Waals surface area contributed by atoms with Crippen molar-refractivity contribution in [1.82, 2.24) is 4.90 Å². The van der Waals surface area contributed by atoms with Gasteiger partial charge in [-0.1, -0.05) is 30.3 Å². The average molecular weight is 363 g/mol. The zero-order valence-corrected chi connectivity index (χ0v) is 14.5. The summed E-state index contributed by atoms with van der Waals surface area (Å²) in [7, 11) is 0. The number of nitrogens with zero attached hydrogens (tertiary/aromatic N) is 1. The van der Waals surface area contributed by atoms with Crippen LogP contribution in [0.4, 0.5) is 8.78 Å². The van der Waals surface area contributed by atoms with E-state index in [0.29, 0.717) is 5.56 Å². The van der Waals surface area contributed by atoms with Gasteiger partial charge >= 0.3 is 0 Å². The minimum atomic E-state index is -1.21. The molecule has 0 amide bonds. The van der Waals surface area contributed by atoms with Gasteiger partial charge in [0, 0.05) is 24.7 Å². The fourth-order valence-corrected chi connectivity index (χ4v) is 3.43. The molecule has 2 aromatic rings. The molecule has 140 valence electrons. The van der Waals surface area contributed by atoms with Gasteiger partial charge in [-0.3, -0.25) is 4.90 Å². The van der Waals surface area contributed by atoms with Crippen molar-refractivity contribution in [1.29, 1.82) is 0 Å². The topological polar surface area (TPSA) is 63.9 Å². The summed E-state index contributed by atoms with van der Waals surface area (Å²) in [4.78, 5) is 1.73. The van der Waals surface area contributed by atoms with Gasteiger partial charge in [-0.15, -0.1) is 0 Å². The molecule has 6 heteroatoms. The Hall–Kier alpha value is -1.86. The number of hydrogen-bond acceptors (Lipinski definition) is 4. The molecule has 0 aromatic heterocycles. The van der Waals surface area contributed by atoms with E-state index < -0.39 is 36.0 Å². The Kier molecular flexibility index (Phi) is 5.67. The monoisotopic (exact) mass is 363 g/mol. The molecular weight excluding hydrogens is 340 g/mol. The van der Waals surface area contributed by atoms with Crippen LogP contribution < -0.4 is 0 Å². The highest BCUT2D eigenvalue weighted by Gasteiger charge is 2.38. The summed E-state index contributed by atoms with van der Waals surface area (Å²) in [6.07, 6.45) is -3.29. The van der Waals surface area contributed by atoms with Gasteiger partial charge in [0.15, 0.2) is 0 Å². The molecular formula is C20H23F2NO3. The fraction of sp³-hybridized carbons (Fsp3) is 0.400. The van der Waals surface area contributed by atoms with E-state index in [1.165, 1.54) is 12.1 Å². The first-order chi connectivity index (χ1) is 12.4. The molecule has 0 saturated carbocycles. The highest BCUT2D eigenvalue weighted by Crippen LogP contribution is 2.26. The van der Waals surface area contributed by atoms with Crippen molar-refractivity contribution in [3.05, 3.63) is 59.7 Å². The summed E-state index contributed by atoms with van der Waals surface area (Å²) in [6.45, 7) is 2.12. The summed E-state index contributed by atoms with van der Waals surface area (Å²) >= 11 is 0. The van der Waals surface area contributed by atoms with Crippen molar-refractivity contribution < 1.29 is 24.1 Å². The molecule has 3 rings (SSSR count). The van der Waals surface area contributed by atoms with Gasteiger partial charge in [-0.2, -0.15) is 0 Å². The van der Waals surface area contributed by atoms with Crippen LogP contribution in [0, 0.1) is 11.6 Å². The van der Waals surface area contributed by atoms with E-state index in [1.54, 1.807) is 24.0 Å². The summed E-state index contributed by atoms with van der Waals surface area (Å²) in [5, 5.41) is 29.5. The molecule has 0 spiro atoms. The number of β-amino-alcohol motifs (C(OH)–C–C–N with tert-alkyl or cyclic N) is 1. The van der Waals surface area contributed by atoms with Gasteiger partial charge in [0.25, 0.3) is 0 Å². The maximum Gasteiger partial charge on any atom is 0.129 e. The van der Waals surface area contributed by atoms with E-state index in [9.17, 15) is 24.1 Å². The van der Waals surface area contributed by atoms with Gasteiger partial charge in [0.05, 0.1) is 12.2 Å². The second-order valence-electron chi connectivity index (χ2n) is 6.82. The number of hydrogen-bond donors (Lipinski definition) is 3. The van der Waals surface area contributed by atoms with Crippen molar-refractivity contribution in [3.63, 3.8) is 0 Å². The van der Waals surface area contributed by atoms with E-state index in [1.807, 2.05) is 18.2 Å². The third-order valence-electron chi connectivity index (χ3n) is 5.13. The third-order valence-corrected chi connectivity index (χ3v) is 5.13. The van der Waals surface area contributed by atoms with Gasteiger partial charge in [0.1, 0.15) is 17.7 Å². The van der Waals surface area contributed by atoms with E-state index in [0.717, 1.165) is 5.56 Å². The van der Waals surface area contributed by atoms with Gasteiger partial charge < -0.3 is 15.3 Å². The quantitative estimate of drug-likeness (QED) is 0.777. The Morgan fingerprint density at radius 3 is 2.19 bits per heavy atom. The predicted octanol–water partition coefficient (Wildman–Crippen LogP) is 1.96. The van der Waals surface area contributed by atoms with E-state index in [2.05, 4.69) is 0 Å². The first-order valence-corrected chi connectivity index (χ1v) is 8.70. The number of benzene rings is 2. The van der Waals surface area contributed by atoms with Crippen molar-refractivity contribution in [2.75, 3.05) is 13.1 Å². The van der Waals surface area contributed by atoms with Crippen LogP contribution in [0.5, 0.6) is 0 Å². The molecule has 1 aliphatic rings. The van der Waals surface area contributed by atoms with E-state index in [4.69, 9.17) is 0 Å². The number of aliphatic hydroxyl groups is 3.